The van der Waals surface area contributed by atoms with Crippen molar-refractivity contribution in [2.75, 3.05) is 18.1 Å². The quantitative estimate of drug-likeness (QED) is 0.504. The third-order valence-corrected chi connectivity index (χ3v) is 4.90. The first kappa shape index (κ1) is 20.6. The fraction of sp³-hybridized carbons (Fsp3) is 0.348. The van der Waals surface area contributed by atoms with Crippen LogP contribution < -0.4 is 9.64 Å². The lowest BCUT2D eigenvalue weighted by molar-refractivity contribution is -0.151. The Morgan fingerprint density at radius 3 is 2.38 bits per heavy atom. The number of hydrogen-bond donors (Lipinski definition) is 0. The fourth-order valence-corrected chi connectivity index (χ4v) is 3.35. The largest absolute Gasteiger partial charge is 0.494 e. The lowest BCUT2D eigenvalue weighted by atomic mass is 10.0. The summed E-state index contributed by atoms with van der Waals surface area (Å²) in [6.07, 6.45) is -0.399. The molecule has 29 heavy (non-hydrogen) atoms. The molecule has 1 fully saturated rings. The maximum Gasteiger partial charge on any atom is 0.312 e. The molecule has 2 aromatic rings. The Bertz CT molecular complexity index is 863. The van der Waals surface area contributed by atoms with Gasteiger partial charge in [0.25, 0.3) is 0 Å². The number of ketones is 1. The first-order chi connectivity index (χ1) is 14.0. The number of nitrogens with zero attached hydrogens (tertiary/aromatic N) is 1. The first-order valence-corrected chi connectivity index (χ1v) is 9.86. The maximum atomic E-state index is 12.6. The molecule has 0 saturated carbocycles. The second-order valence-electron chi connectivity index (χ2n) is 6.90. The summed E-state index contributed by atoms with van der Waals surface area (Å²) in [6.45, 7) is 4.50. The topological polar surface area (TPSA) is 72.9 Å². The number of benzene rings is 2. The number of carbonyl (C=O) groups is 3. The number of carbonyl (C=O) groups excluding carboxylic acids is 3. The van der Waals surface area contributed by atoms with Crippen LogP contribution in [0.3, 0.4) is 0 Å². The van der Waals surface area contributed by atoms with Gasteiger partial charge in [-0.1, -0.05) is 37.3 Å². The van der Waals surface area contributed by atoms with E-state index in [0.717, 1.165) is 5.75 Å². The standard InChI is InChI=1S/C23H25NO5/c1-3-20(22(26)16-8-6-5-7-9-16)29-23(27)17-14-21(25)24(15-17)18-10-12-19(13-11-18)28-4-2/h5-13,17,20H,3-4,14-15H2,1-2H3/t17-,20-/m1/s1. The Morgan fingerprint density at radius 2 is 1.76 bits per heavy atom. The van der Waals surface area contributed by atoms with Crippen LogP contribution in [0.5, 0.6) is 5.75 Å². The summed E-state index contributed by atoms with van der Waals surface area (Å²) in [6, 6.07) is 15.9. The van der Waals surface area contributed by atoms with Gasteiger partial charge in [-0.05, 0) is 37.6 Å². The van der Waals surface area contributed by atoms with Gasteiger partial charge in [0.1, 0.15) is 5.75 Å². The summed E-state index contributed by atoms with van der Waals surface area (Å²) in [5.74, 6) is -0.744. The van der Waals surface area contributed by atoms with Crippen LogP contribution in [0.15, 0.2) is 54.6 Å². The van der Waals surface area contributed by atoms with E-state index in [2.05, 4.69) is 0 Å². The fourth-order valence-electron chi connectivity index (χ4n) is 3.35. The van der Waals surface area contributed by atoms with Crippen LogP contribution in [0.25, 0.3) is 0 Å². The zero-order chi connectivity index (χ0) is 20.8. The van der Waals surface area contributed by atoms with Gasteiger partial charge in [-0.2, -0.15) is 0 Å². The average Bonchev–Trinajstić information content (AvgIpc) is 3.14. The van der Waals surface area contributed by atoms with Gasteiger partial charge in [-0.15, -0.1) is 0 Å². The minimum Gasteiger partial charge on any atom is -0.494 e. The SMILES string of the molecule is CCOc1ccc(N2C[C@H](C(=O)O[C@H](CC)C(=O)c3ccccc3)CC2=O)cc1. The van der Waals surface area contributed by atoms with Crippen molar-refractivity contribution in [2.24, 2.45) is 5.92 Å². The van der Waals surface area contributed by atoms with Crippen LogP contribution in [0.4, 0.5) is 5.69 Å². The van der Waals surface area contributed by atoms with Crippen LogP contribution in [0.1, 0.15) is 37.0 Å². The van der Waals surface area contributed by atoms with E-state index < -0.39 is 18.0 Å². The molecule has 2 atom stereocenters. The number of esters is 1. The number of ether oxygens (including phenoxy) is 2. The molecule has 152 valence electrons. The Hall–Kier alpha value is -3.15. The summed E-state index contributed by atoms with van der Waals surface area (Å²) in [4.78, 5) is 39.2. The number of anilines is 1. The molecule has 1 aliphatic rings. The lowest BCUT2D eigenvalue weighted by Crippen LogP contribution is -2.31. The number of hydrogen-bond acceptors (Lipinski definition) is 5. The third kappa shape index (κ3) is 4.83. The molecule has 0 bridgehead atoms. The molecule has 0 radical (unpaired) electrons. The minimum absolute atomic E-state index is 0.0714. The highest BCUT2D eigenvalue weighted by molar-refractivity contribution is 6.02. The second kappa shape index (κ2) is 9.37. The smallest absolute Gasteiger partial charge is 0.312 e. The molecule has 1 heterocycles. The lowest BCUT2D eigenvalue weighted by Gasteiger charge is -2.19. The Labute approximate surface area is 170 Å². The van der Waals surface area contributed by atoms with Gasteiger partial charge >= 0.3 is 5.97 Å². The Morgan fingerprint density at radius 1 is 1.07 bits per heavy atom. The summed E-state index contributed by atoms with van der Waals surface area (Å²) < 4.78 is 10.9. The zero-order valence-electron chi connectivity index (χ0n) is 16.7. The molecule has 1 aliphatic heterocycles. The van der Waals surface area contributed by atoms with E-state index in [1.807, 2.05) is 13.0 Å². The summed E-state index contributed by atoms with van der Waals surface area (Å²) >= 11 is 0. The van der Waals surface area contributed by atoms with E-state index in [1.54, 1.807) is 60.4 Å². The van der Waals surface area contributed by atoms with Gasteiger partial charge < -0.3 is 14.4 Å². The van der Waals surface area contributed by atoms with Crippen molar-refractivity contribution in [2.45, 2.75) is 32.8 Å². The van der Waals surface area contributed by atoms with E-state index in [-0.39, 0.29) is 24.7 Å². The van der Waals surface area contributed by atoms with E-state index in [0.29, 0.717) is 24.3 Å². The van der Waals surface area contributed by atoms with Gasteiger partial charge in [0, 0.05) is 24.2 Å². The highest BCUT2D eigenvalue weighted by Crippen LogP contribution is 2.28. The number of rotatable bonds is 8. The highest BCUT2D eigenvalue weighted by atomic mass is 16.5. The average molecular weight is 395 g/mol. The van der Waals surface area contributed by atoms with Crippen molar-refractivity contribution < 1.29 is 23.9 Å². The van der Waals surface area contributed by atoms with Crippen LogP contribution in [0.2, 0.25) is 0 Å². The van der Waals surface area contributed by atoms with Crippen molar-refractivity contribution in [3.8, 4) is 5.75 Å². The Balaban J connectivity index is 1.64. The maximum absolute atomic E-state index is 12.6. The predicted octanol–water partition coefficient (Wildman–Crippen LogP) is 3.64. The monoisotopic (exact) mass is 395 g/mol. The van der Waals surface area contributed by atoms with E-state index >= 15 is 0 Å². The molecule has 0 spiro atoms. The van der Waals surface area contributed by atoms with Crippen LogP contribution in [0, 0.1) is 5.92 Å². The molecule has 1 saturated heterocycles. The van der Waals surface area contributed by atoms with Gasteiger partial charge in [-0.3, -0.25) is 14.4 Å². The zero-order valence-corrected chi connectivity index (χ0v) is 16.7. The molecule has 0 aromatic heterocycles. The Kier molecular flexibility index (Phi) is 6.65. The van der Waals surface area contributed by atoms with E-state index in [1.165, 1.54) is 0 Å². The molecule has 1 amide bonds. The summed E-state index contributed by atoms with van der Waals surface area (Å²) in [5.41, 5.74) is 1.21. The van der Waals surface area contributed by atoms with Crippen molar-refractivity contribution >= 4 is 23.3 Å². The molecule has 3 rings (SSSR count). The molecule has 6 heteroatoms. The first-order valence-electron chi connectivity index (χ1n) is 9.86. The van der Waals surface area contributed by atoms with E-state index in [9.17, 15) is 14.4 Å². The van der Waals surface area contributed by atoms with Crippen LogP contribution >= 0.6 is 0 Å². The van der Waals surface area contributed by atoms with Gasteiger partial charge in [0.2, 0.25) is 11.7 Å². The number of amides is 1. The van der Waals surface area contributed by atoms with Crippen LogP contribution in [-0.4, -0.2) is 36.9 Å². The molecule has 2 aromatic carbocycles. The van der Waals surface area contributed by atoms with Crippen molar-refractivity contribution in [3.05, 3.63) is 60.2 Å². The van der Waals surface area contributed by atoms with Crippen molar-refractivity contribution in [1.29, 1.82) is 0 Å². The molecule has 0 unspecified atom stereocenters. The molecular formula is C23H25NO5. The highest BCUT2D eigenvalue weighted by Gasteiger charge is 2.37. The van der Waals surface area contributed by atoms with Crippen molar-refractivity contribution in [1.82, 2.24) is 0 Å². The molecule has 6 nitrogen and oxygen atoms in total. The third-order valence-electron chi connectivity index (χ3n) is 4.90. The normalized spacial score (nSPS) is 17.1. The minimum atomic E-state index is -0.848. The van der Waals surface area contributed by atoms with Gasteiger partial charge in [-0.25, -0.2) is 0 Å². The van der Waals surface area contributed by atoms with Crippen molar-refractivity contribution in [3.63, 3.8) is 0 Å². The second-order valence-corrected chi connectivity index (χ2v) is 6.90. The van der Waals surface area contributed by atoms with E-state index in [4.69, 9.17) is 9.47 Å². The summed E-state index contributed by atoms with van der Waals surface area (Å²) in [5, 5.41) is 0. The molecular weight excluding hydrogens is 370 g/mol. The predicted molar refractivity (Wildman–Crippen MR) is 109 cm³/mol. The van der Waals surface area contributed by atoms with Crippen LogP contribution in [-0.2, 0) is 14.3 Å². The summed E-state index contributed by atoms with van der Waals surface area (Å²) in [7, 11) is 0. The molecule has 0 aliphatic carbocycles. The van der Waals surface area contributed by atoms with Gasteiger partial charge in [0.15, 0.2) is 6.10 Å². The molecule has 0 N–H and O–H groups in total. The number of Topliss-reactive ketones (excluding diaryl/α,β-unsaturated/α-hetero) is 1. The van der Waals surface area contributed by atoms with Gasteiger partial charge in [0.05, 0.1) is 12.5 Å².